The molecule has 466 valence electrons. The Labute approximate surface area is 563 Å². The molecular formula is C89H92BN3. The van der Waals surface area contributed by atoms with Gasteiger partial charge in [-0.05, 0) is 171 Å². The Bertz CT molecular complexity index is 4850. The molecule has 10 aromatic carbocycles. The van der Waals surface area contributed by atoms with Crippen LogP contribution < -0.4 is 26.2 Å². The van der Waals surface area contributed by atoms with Crippen LogP contribution in [0.15, 0.2) is 230 Å². The second-order valence-corrected chi connectivity index (χ2v) is 32.2. The number of aromatic nitrogens is 1. The van der Waals surface area contributed by atoms with Crippen LogP contribution in [0.5, 0.6) is 0 Å². The highest BCUT2D eigenvalue weighted by molar-refractivity contribution is 7.00. The van der Waals surface area contributed by atoms with E-state index in [1.807, 2.05) is 6.07 Å². The van der Waals surface area contributed by atoms with E-state index in [0.29, 0.717) is 5.56 Å². The Hall–Kier alpha value is -8.99. The fourth-order valence-electron chi connectivity index (χ4n) is 13.6. The van der Waals surface area contributed by atoms with E-state index >= 15 is 0 Å². The maximum atomic E-state index is 9.59. The molecule has 3 nitrogen and oxygen atoms in total. The van der Waals surface area contributed by atoms with Crippen molar-refractivity contribution in [1.82, 2.24) is 4.98 Å². The largest absolute Gasteiger partial charge is 0.310 e. The molecule has 1 aromatic heterocycles. The highest BCUT2D eigenvalue weighted by Crippen LogP contribution is 2.56. The number of nitrogens with zero attached hydrogens (tertiary/aromatic N) is 3. The van der Waals surface area contributed by atoms with Crippen molar-refractivity contribution in [2.45, 2.75) is 157 Å². The minimum Gasteiger partial charge on any atom is -0.310 e. The summed E-state index contributed by atoms with van der Waals surface area (Å²) in [5.41, 5.74) is 25.7. The molecule has 13 rings (SSSR count). The third-order valence-corrected chi connectivity index (χ3v) is 19.2. The highest BCUT2D eigenvalue weighted by atomic mass is 15.2. The van der Waals surface area contributed by atoms with Crippen LogP contribution in [0.4, 0.5) is 34.1 Å². The summed E-state index contributed by atoms with van der Waals surface area (Å²) in [7, 11) is 0. The van der Waals surface area contributed by atoms with Gasteiger partial charge in [0.2, 0.25) is 0 Å². The molecule has 2 aliphatic heterocycles. The fraction of sp³-hybridized carbons (Fsp3) is 0.270. The predicted molar refractivity (Wildman–Crippen MR) is 403 cm³/mol. The second-order valence-electron chi connectivity index (χ2n) is 32.2. The quantitative estimate of drug-likeness (QED) is 0.141. The Morgan fingerprint density at radius 2 is 0.677 bits per heavy atom. The summed E-state index contributed by atoms with van der Waals surface area (Å²) < 4.78 is 46.1. The first-order chi connectivity index (χ1) is 46.0. The predicted octanol–water partition coefficient (Wildman–Crippen LogP) is 23.0. The molecule has 0 bridgehead atoms. The lowest BCUT2D eigenvalue weighted by Gasteiger charge is -2.47. The van der Waals surface area contributed by atoms with Crippen molar-refractivity contribution in [3.63, 3.8) is 0 Å². The lowest BCUT2D eigenvalue weighted by molar-refractivity contribution is 0.569. The molecule has 0 fully saturated rings. The van der Waals surface area contributed by atoms with Crippen LogP contribution in [0, 0.1) is 0 Å². The summed E-state index contributed by atoms with van der Waals surface area (Å²) in [5.74, 6) is 0. The van der Waals surface area contributed by atoms with Crippen molar-refractivity contribution < 1.29 is 6.85 Å². The van der Waals surface area contributed by atoms with Crippen LogP contribution in [-0.4, -0.2) is 11.7 Å². The summed E-state index contributed by atoms with van der Waals surface area (Å²) in [6.45, 7) is 40.8. The van der Waals surface area contributed by atoms with Gasteiger partial charge in [-0.1, -0.05) is 294 Å². The molecule has 0 spiro atoms. The van der Waals surface area contributed by atoms with Crippen LogP contribution >= 0.6 is 0 Å². The van der Waals surface area contributed by atoms with Gasteiger partial charge >= 0.3 is 0 Å². The lowest BCUT2D eigenvalue weighted by atomic mass is 9.33. The molecule has 0 N–H and O–H groups in total. The number of benzene rings is 10. The zero-order chi connectivity index (χ0) is 70.2. The molecule has 4 heteroatoms. The number of hydrogen-bond donors (Lipinski definition) is 0. The molecule has 0 unspecified atom stereocenters. The van der Waals surface area contributed by atoms with Gasteiger partial charge in [0.1, 0.15) is 0 Å². The summed E-state index contributed by atoms with van der Waals surface area (Å²) in [4.78, 5) is 10.8. The maximum Gasteiger partial charge on any atom is 0.252 e. The van der Waals surface area contributed by atoms with Crippen molar-refractivity contribution in [2.24, 2.45) is 0 Å². The molecule has 0 aliphatic carbocycles. The molecule has 0 amide bonds. The third kappa shape index (κ3) is 11.8. The molecule has 0 radical (unpaired) electrons. The van der Waals surface area contributed by atoms with Crippen molar-refractivity contribution >= 4 is 57.2 Å². The van der Waals surface area contributed by atoms with E-state index in [-0.39, 0.29) is 56.8 Å². The minimum absolute atomic E-state index is 0.136. The van der Waals surface area contributed by atoms with E-state index in [4.69, 9.17) is 9.10 Å². The second kappa shape index (κ2) is 22.9. The van der Waals surface area contributed by atoms with E-state index in [1.165, 1.54) is 16.7 Å². The van der Waals surface area contributed by atoms with Gasteiger partial charge in [-0.15, -0.1) is 0 Å². The molecule has 0 saturated carbocycles. The van der Waals surface area contributed by atoms with Crippen molar-refractivity contribution in [3.8, 4) is 66.9 Å². The average molecular weight is 1220 g/mol. The first-order valence-electron chi connectivity index (χ1n) is 35.8. The monoisotopic (exact) mass is 1220 g/mol. The average Bonchev–Trinajstić information content (AvgIpc) is 0.686. The zero-order valence-electron chi connectivity index (χ0n) is 63.0. The Morgan fingerprint density at radius 1 is 0.301 bits per heavy atom. The lowest BCUT2D eigenvalue weighted by Crippen LogP contribution is -2.61. The van der Waals surface area contributed by atoms with Gasteiger partial charge in [0.05, 0.1) is 23.9 Å². The first-order valence-corrected chi connectivity index (χ1v) is 33.3. The smallest absolute Gasteiger partial charge is 0.252 e. The third-order valence-electron chi connectivity index (χ3n) is 19.2. The SMILES string of the molecule is [2H]c1c([2H])c([2H])c(-c2ccc3c(c2)N(c2c(-c4ccccc4)cc(C(C)(C)C)cc2-c2cccc(C(C)(C)C)n2)c2cc(C(C)(C)C)cc4c2B3c2ccc(-c3cc(C(C)(C)C)cc(C(C)(C)C)c3)cc2N4c2c(-c3ccccc3)cc(C(C)(C)C)cc2-c2ccccc2)c([2H])c1[2H]. The molecule has 93 heavy (non-hydrogen) atoms. The molecule has 0 saturated heterocycles. The van der Waals surface area contributed by atoms with Crippen LogP contribution in [-0.2, 0) is 32.5 Å². The first kappa shape index (κ1) is 56.7. The zero-order valence-corrected chi connectivity index (χ0v) is 58.0. The van der Waals surface area contributed by atoms with Crippen molar-refractivity contribution in [1.29, 1.82) is 0 Å². The van der Waals surface area contributed by atoms with E-state index in [2.05, 4.69) is 329 Å². The fourth-order valence-corrected chi connectivity index (χ4v) is 13.6. The van der Waals surface area contributed by atoms with Crippen LogP contribution in [0.25, 0.3) is 66.9 Å². The Kier molecular flexibility index (Phi) is 14.0. The Balaban J connectivity index is 1.27. The van der Waals surface area contributed by atoms with Crippen LogP contribution in [0.1, 0.15) is 165 Å². The summed E-state index contributed by atoms with van der Waals surface area (Å²) >= 11 is 0. The molecule has 2 aliphatic rings. The summed E-state index contributed by atoms with van der Waals surface area (Å²) in [6.07, 6.45) is 0. The Morgan fingerprint density at radius 3 is 1.09 bits per heavy atom. The van der Waals surface area contributed by atoms with Crippen LogP contribution in [0.2, 0.25) is 0 Å². The number of rotatable bonds is 8. The van der Waals surface area contributed by atoms with Crippen molar-refractivity contribution in [2.75, 3.05) is 9.80 Å². The molecule has 0 atom stereocenters. The number of pyridine rings is 1. The van der Waals surface area contributed by atoms with E-state index in [1.54, 1.807) is 0 Å². The van der Waals surface area contributed by atoms with Gasteiger partial charge in [0.25, 0.3) is 6.71 Å². The summed E-state index contributed by atoms with van der Waals surface area (Å²) in [5, 5.41) is 0. The van der Waals surface area contributed by atoms with Gasteiger partial charge in [-0.25, -0.2) is 0 Å². The number of anilines is 6. The minimum atomic E-state index is -0.429. The van der Waals surface area contributed by atoms with E-state index in [9.17, 15) is 2.74 Å². The molecular weight excluding hydrogens is 1120 g/mol. The van der Waals surface area contributed by atoms with E-state index < -0.39 is 18.2 Å². The van der Waals surface area contributed by atoms with Gasteiger partial charge in [0, 0.05) is 56.1 Å². The number of fused-ring (bicyclic) bond motifs is 4. The normalized spacial score (nSPS) is 14.2. The number of hydrogen-bond acceptors (Lipinski definition) is 3. The van der Waals surface area contributed by atoms with Gasteiger partial charge in [-0.2, -0.15) is 0 Å². The van der Waals surface area contributed by atoms with E-state index in [0.717, 1.165) is 123 Å². The maximum absolute atomic E-state index is 9.59. The van der Waals surface area contributed by atoms with Crippen LogP contribution in [0.3, 0.4) is 0 Å². The van der Waals surface area contributed by atoms with Gasteiger partial charge < -0.3 is 9.80 Å². The topological polar surface area (TPSA) is 19.4 Å². The standard InChI is InChI=1S/C89H92BN3/c1-84(2,3)64-46-63(47-65(50-64)85(4,5)6)62-43-45-74-77(49-62)92(82-69(58-34-25-20-26-35-58)51-66(86(7,8)9)52-70(82)59-36-27-21-28-37-59)78-55-68(88(13,14)15)56-79-81(78)90(74)73-44-42-61(57-32-23-19-24-33-57)48-76(73)93(79)83-71(60-38-29-22-30-39-60)53-67(87(10,11)12)54-72(83)75-40-31-41-80(91-75)89(16,17)18/h19-56H,1-18H3/i19D,23D,24D,32D,33D. The van der Waals surface area contributed by atoms with Crippen molar-refractivity contribution in [3.05, 3.63) is 264 Å². The molecule has 11 aromatic rings. The summed E-state index contributed by atoms with van der Waals surface area (Å²) in [6, 6.07) is 72.7. The molecule has 3 heterocycles. The van der Waals surface area contributed by atoms with Gasteiger partial charge in [0.15, 0.2) is 0 Å². The highest BCUT2D eigenvalue weighted by Gasteiger charge is 2.47. The van der Waals surface area contributed by atoms with Gasteiger partial charge in [-0.3, -0.25) is 4.98 Å².